The Bertz CT molecular complexity index is 439. The van der Waals surface area contributed by atoms with Gasteiger partial charge < -0.3 is 18.9 Å². The fourth-order valence-corrected chi connectivity index (χ4v) is 2.87. The van der Waals surface area contributed by atoms with Crippen molar-refractivity contribution >= 4 is 15.9 Å². The number of hydrogen-bond donors (Lipinski definition) is 0. The van der Waals surface area contributed by atoms with Crippen LogP contribution in [0.1, 0.15) is 36.7 Å². The summed E-state index contributed by atoms with van der Waals surface area (Å²) in [6, 6.07) is 6.13. The van der Waals surface area contributed by atoms with Crippen molar-refractivity contribution in [2.75, 3.05) is 19.8 Å². The SMILES string of the molecule is Brc1ccc(CO[C@H]2CCCCO2)cc1C1OCCO1. The molecule has 1 aromatic carbocycles. The molecule has 0 unspecified atom stereocenters. The van der Waals surface area contributed by atoms with Crippen LogP contribution in [0, 0.1) is 0 Å². The maximum absolute atomic E-state index is 5.81. The molecular weight excluding hydrogens is 324 g/mol. The Labute approximate surface area is 127 Å². The van der Waals surface area contributed by atoms with Crippen LogP contribution in [0.4, 0.5) is 0 Å². The summed E-state index contributed by atoms with van der Waals surface area (Å²) in [5.74, 6) is 0. The highest BCUT2D eigenvalue weighted by molar-refractivity contribution is 9.10. The fourth-order valence-electron chi connectivity index (χ4n) is 2.43. The Morgan fingerprint density at radius 2 is 1.95 bits per heavy atom. The number of ether oxygens (including phenoxy) is 4. The van der Waals surface area contributed by atoms with Gasteiger partial charge in [0.1, 0.15) is 0 Å². The zero-order valence-electron chi connectivity index (χ0n) is 11.3. The molecule has 1 atom stereocenters. The van der Waals surface area contributed by atoms with E-state index >= 15 is 0 Å². The molecule has 2 fully saturated rings. The Hall–Kier alpha value is -0.460. The molecule has 5 heteroatoms. The van der Waals surface area contributed by atoms with Gasteiger partial charge in [-0.2, -0.15) is 0 Å². The maximum Gasteiger partial charge on any atom is 0.185 e. The van der Waals surface area contributed by atoms with Crippen LogP contribution in [-0.2, 0) is 25.6 Å². The van der Waals surface area contributed by atoms with Crippen molar-refractivity contribution in [3.05, 3.63) is 33.8 Å². The Kier molecular flexibility index (Phi) is 5.07. The average Bonchev–Trinajstić information content (AvgIpc) is 3.01. The highest BCUT2D eigenvalue weighted by atomic mass is 79.9. The zero-order valence-corrected chi connectivity index (χ0v) is 12.9. The summed E-state index contributed by atoms with van der Waals surface area (Å²) in [4.78, 5) is 0. The predicted molar refractivity (Wildman–Crippen MR) is 77.2 cm³/mol. The summed E-state index contributed by atoms with van der Waals surface area (Å²) >= 11 is 3.54. The van der Waals surface area contributed by atoms with E-state index < -0.39 is 0 Å². The maximum atomic E-state index is 5.81. The molecule has 2 aliphatic heterocycles. The minimum atomic E-state index is -0.268. The van der Waals surface area contributed by atoms with Crippen molar-refractivity contribution in [1.82, 2.24) is 0 Å². The number of benzene rings is 1. The van der Waals surface area contributed by atoms with E-state index in [0.29, 0.717) is 19.8 Å². The number of halogens is 1. The normalized spacial score (nSPS) is 24.1. The Morgan fingerprint density at radius 3 is 2.70 bits per heavy atom. The van der Waals surface area contributed by atoms with Crippen LogP contribution >= 0.6 is 15.9 Å². The molecule has 0 N–H and O–H groups in total. The van der Waals surface area contributed by atoms with Crippen LogP contribution < -0.4 is 0 Å². The lowest BCUT2D eigenvalue weighted by Gasteiger charge is -2.23. The van der Waals surface area contributed by atoms with Gasteiger partial charge in [-0.25, -0.2) is 0 Å². The molecule has 2 saturated heterocycles. The molecule has 1 aromatic rings. The second kappa shape index (κ2) is 7.00. The third kappa shape index (κ3) is 3.59. The topological polar surface area (TPSA) is 36.9 Å². The standard InChI is InChI=1S/C15H19BrO4/c16-13-5-4-11(9-12(13)15-18-7-8-19-15)10-20-14-3-1-2-6-17-14/h4-5,9,14-15H,1-3,6-8,10H2/t14-/m0/s1. The minimum Gasteiger partial charge on any atom is -0.353 e. The van der Waals surface area contributed by atoms with Gasteiger partial charge in [0.2, 0.25) is 0 Å². The molecular formula is C15H19BrO4. The summed E-state index contributed by atoms with van der Waals surface area (Å²) in [6.45, 7) is 2.65. The molecule has 2 aliphatic rings. The molecule has 4 nitrogen and oxygen atoms in total. The van der Waals surface area contributed by atoms with Crippen molar-refractivity contribution < 1.29 is 18.9 Å². The lowest BCUT2D eigenvalue weighted by atomic mass is 10.1. The summed E-state index contributed by atoms with van der Waals surface area (Å²) in [6.07, 6.45) is 2.97. The monoisotopic (exact) mass is 342 g/mol. The third-order valence-electron chi connectivity index (χ3n) is 3.51. The highest BCUT2D eigenvalue weighted by Gasteiger charge is 2.21. The molecule has 0 amide bonds. The van der Waals surface area contributed by atoms with Gasteiger partial charge in [0.25, 0.3) is 0 Å². The second-order valence-corrected chi connectivity index (χ2v) is 5.89. The largest absolute Gasteiger partial charge is 0.353 e. The van der Waals surface area contributed by atoms with E-state index in [0.717, 1.165) is 35.0 Å². The molecule has 0 bridgehead atoms. The summed E-state index contributed by atoms with van der Waals surface area (Å²) in [5, 5.41) is 0. The van der Waals surface area contributed by atoms with Crippen molar-refractivity contribution in [2.24, 2.45) is 0 Å². The molecule has 0 radical (unpaired) electrons. The molecule has 0 aromatic heterocycles. The van der Waals surface area contributed by atoms with Crippen molar-refractivity contribution in [1.29, 1.82) is 0 Å². The van der Waals surface area contributed by atoms with Gasteiger partial charge >= 0.3 is 0 Å². The average molecular weight is 343 g/mol. The van der Waals surface area contributed by atoms with Crippen molar-refractivity contribution in [2.45, 2.75) is 38.4 Å². The van der Waals surface area contributed by atoms with Gasteiger partial charge in [-0.1, -0.05) is 22.0 Å². The molecule has 0 spiro atoms. The molecule has 110 valence electrons. The smallest absolute Gasteiger partial charge is 0.185 e. The van der Waals surface area contributed by atoms with Gasteiger partial charge in [-0.3, -0.25) is 0 Å². The third-order valence-corrected chi connectivity index (χ3v) is 4.23. The van der Waals surface area contributed by atoms with Crippen molar-refractivity contribution in [3.8, 4) is 0 Å². The van der Waals surface area contributed by atoms with Crippen LogP contribution in [0.5, 0.6) is 0 Å². The first-order chi connectivity index (χ1) is 9.83. The molecule has 2 heterocycles. The van der Waals surface area contributed by atoms with Gasteiger partial charge in [-0.05, 0) is 37.0 Å². The Balaban J connectivity index is 1.62. The minimum absolute atomic E-state index is 0.0603. The van der Waals surface area contributed by atoms with Crippen LogP contribution in [0.2, 0.25) is 0 Å². The number of rotatable bonds is 4. The molecule has 20 heavy (non-hydrogen) atoms. The van der Waals surface area contributed by atoms with E-state index in [2.05, 4.69) is 22.0 Å². The van der Waals surface area contributed by atoms with Gasteiger partial charge in [-0.15, -0.1) is 0 Å². The highest BCUT2D eigenvalue weighted by Crippen LogP contribution is 2.31. The van der Waals surface area contributed by atoms with Gasteiger partial charge in [0.15, 0.2) is 12.6 Å². The van der Waals surface area contributed by atoms with Crippen LogP contribution in [0.3, 0.4) is 0 Å². The first-order valence-electron chi connectivity index (χ1n) is 7.08. The quantitative estimate of drug-likeness (QED) is 0.838. The fraction of sp³-hybridized carbons (Fsp3) is 0.600. The van der Waals surface area contributed by atoms with Gasteiger partial charge in [0, 0.05) is 16.6 Å². The zero-order chi connectivity index (χ0) is 13.8. The molecule has 0 saturated carbocycles. The lowest BCUT2D eigenvalue weighted by Crippen LogP contribution is -2.22. The van der Waals surface area contributed by atoms with E-state index in [4.69, 9.17) is 18.9 Å². The van der Waals surface area contributed by atoms with Crippen LogP contribution in [0.25, 0.3) is 0 Å². The van der Waals surface area contributed by atoms with Crippen LogP contribution in [-0.4, -0.2) is 26.1 Å². The van der Waals surface area contributed by atoms with Gasteiger partial charge in [0.05, 0.1) is 19.8 Å². The predicted octanol–water partition coefficient (Wildman–Crippen LogP) is 3.54. The van der Waals surface area contributed by atoms with E-state index in [1.165, 1.54) is 6.42 Å². The molecule has 0 aliphatic carbocycles. The second-order valence-electron chi connectivity index (χ2n) is 5.04. The van der Waals surface area contributed by atoms with E-state index in [1.54, 1.807) is 0 Å². The van der Waals surface area contributed by atoms with E-state index in [1.807, 2.05) is 12.1 Å². The summed E-state index contributed by atoms with van der Waals surface area (Å²) in [5.41, 5.74) is 2.13. The van der Waals surface area contributed by atoms with Crippen molar-refractivity contribution in [3.63, 3.8) is 0 Å². The first kappa shape index (κ1) is 14.5. The van der Waals surface area contributed by atoms with E-state index in [-0.39, 0.29) is 12.6 Å². The summed E-state index contributed by atoms with van der Waals surface area (Å²) in [7, 11) is 0. The first-order valence-corrected chi connectivity index (χ1v) is 7.87. The lowest BCUT2D eigenvalue weighted by molar-refractivity contribution is -0.168. The summed E-state index contributed by atoms with van der Waals surface area (Å²) < 4.78 is 23.5. The van der Waals surface area contributed by atoms with Crippen LogP contribution in [0.15, 0.2) is 22.7 Å². The molecule has 3 rings (SSSR count). The Morgan fingerprint density at radius 1 is 1.10 bits per heavy atom. The number of hydrogen-bond acceptors (Lipinski definition) is 4. The van der Waals surface area contributed by atoms with E-state index in [9.17, 15) is 0 Å².